The molecule has 1 aromatic carbocycles. The van der Waals surface area contributed by atoms with Crippen LogP contribution in [0.3, 0.4) is 0 Å². The maximum atomic E-state index is 12.6. The van der Waals surface area contributed by atoms with Gasteiger partial charge in [0.25, 0.3) is 5.56 Å². The van der Waals surface area contributed by atoms with Crippen LogP contribution >= 0.6 is 11.6 Å². The monoisotopic (exact) mass is 485 g/mol. The summed E-state index contributed by atoms with van der Waals surface area (Å²) < 4.78 is 6.80. The number of nitrogens with one attached hydrogen (secondary N) is 1. The van der Waals surface area contributed by atoms with E-state index >= 15 is 0 Å². The molecule has 180 valence electrons. The van der Waals surface area contributed by atoms with Crippen molar-refractivity contribution < 1.29 is 14.6 Å². The first-order chi connectivity index (χ1) is 16.1. The molecule has 3 atom stereocenters. The average Bonchev–Trinajstić information content (AvgIpc) is 2.78. The number of rotatable bonds is 6. The van der Waals surface area contributed by atoms with Crippen LogP contribution in [0.2, 0.25) is 5.02 Å². The second kappa shape index (κ2) is 9.50. The van der Waals surface area contributed by atoms with E-state index < -0.39 is 17.6 Å². The van der Waals surface area contributed by atoms with Crippen LogP contribution in [0.1, 0.15) is 27.2 Å². The van der Waals surface area contributed by atoms with E-state index in [4.69, 9.17) is 21.4 Å². The number of aromatic nitrogens is 3. The molecule has 0 bridgehead atoms. The summed E-state index contributed by atoms with van der Waals surface area (Å²) in [5.41, 5.74) is 0.974. The number of anilines is 3. The molecule has 3 aromatic rings. The molecule has 0 spiro atoms. The zero-order valence-corrected chi connectivity index (χ0v) is 20.3. The highest BCUT2D eigenvalue weighted by Gasteiger charge is 2.24. The number of carbonyl (C=O) groups is 1. The lowest BCUT2D eigenvalue weighted by Crippen LogP contribution is -2.39. The second-order valence-corrected chi connectivity index (χ2v) is 9.49. The normalized spacial score (nSPS) is 19.1. The highest BCUT2D eigenvalue weighted by Crippen LogP contribution is 2.30. The fourth-order valence-corrected chi connectivity index (χ4v) is 4.56. The Balaban J connectivity index is 1.65. The summed E-state index contributed by atoms with van der Waals surface area (Å²) in [4.78, 5) is 35.0. The Morgan fingerprint density at radius 1 is 1.26 bits per heavy atom. The number of fused-ring (bicyclic) bond motifs is 1. The Labute approximate surface area is 202 Å². The van der Waals surface area contributed by atoms with Gasteiger partial charge in [-0.1, -0.05) is 25.4 Å². The van der Waals surface area contributed by atoms with Crippen molar-refractivity contribution in [2.24, 2.45) is 18.9 Å². The molecule has 3 heterocycles. The molecule has 34 heavy (non-hydrogen) atoms. The first-order valence-corrected chi connectivity index (χ1v) is 11.6. The fraction of sp³-hybridized carbons (Fsp3) is 0.417. The van der Waals surface area contributed by atoms with Gasteiger partial charge in [0.05, 0.1) is 11.7 Å². The fourth-order valence-electron chi connectivity index (χ4n) is 4.42. The third-order valence-electron chi connectivity index (χ3n) is 5.99. The van der Waals surface area contributed by atoms with Crippen molar-refractivity contribution in [2.75, 3.05) is 23.3 Å². The van der Waals surface area contributed by atoms with E-state index in [0.29, 0.717) is 45.2 Å². The topological polar surface area (TPSA) is 110 Å². The van der Waals surface area contributed by atoms with Crippen molar-refractivity contribution in [1.29, 1.82) is 0 Å². The number of carboxylic acid groups (broad SMARTS) is 1. The number of halogens is 1. The summed E-state index contributed by atoms with van der Waals surface area (Å²) in [6, 6.07) is 7.00. The highest BCUT2D eigenvalue weighted by atomic mass is 35.5. The third kappa shape index (κ3) is 4.94. The Morgan fingerprint density at radius 3 is 2.65 bits per heavy atom. The smallest absolute Gasteiger partial charge is 0.344 e. The van der Waals surface area contributed by atoms with E-state index in [9.17, 15) is 9.59 Å². The van der Waals surface area contributed by atoms with Crippen molar-refractivity contribution in [1.82, 2.24) is 14.5 Å². The minimum atomic E-state index is -1.15. The van der Waals surface area contributed by atoms with Crippen molar-refractivity contribution in [3.05, 3.63) is 45.8 Å². The third-order valence-corrected chi connectivity index (χ3v) is 6.26. The number of ether oxygens (including phenoxy) is 1. The Kier molecular flexibility index (Phi) is 6.65. The maximum Gasteiger partial charge on any atom is 0.344 e. The molecule has 0 aliphatic carbocycles. The lowest BCUT2D eigenvalue weighted by Gasteiger charge is -2.35. The molecule has 9 nitrogen and oxygen atoms in total. The highest BCUT2D eigenvalue weighted by molar-refractivity contribution is 6.32. The van der Waals surface area contributed by atoms with Crippen LogP contribution in [0.4, 0.5) is 17.5 Å². The zero-order chi connectivity index (χ0) is 24.6. The van der Waals surface area contributed by atoms with Gasteiger partial charge >= 0.3 is 5.97 Å². The molecule has 1 aliphatic heterocycles. The van der Waals surface area contributed by atoms with Gasteiger partial charge in [-0.15, -0.1) is 0 Å². The van der Waals surface area contributed by atoms with Gasteiger partial charge in [0.1, 0.15) is 5.02 Å². The van der Waals surface area contributed by atoms with Gasteiger partial charge in [-0.25, -0.2) is 9.78 Å². The van der Waals surface area contributed by atoms with E-state index in [-0.39, 0.29) is 5.75 Å². The maximum absolute atomic E-state index is 12.6. The molecular weight excluding hydrogens is 458 g/mol. The lowest BCUT2D eigenvalue weighted by atomic mass is 9.92. The first kappa shape index (κ1) is 23.8. The predicted molar refractivity (Wildman–Crippen MR) is 132 cm³/mol. The minimum Gasteiger partial charge on any atom is -0.479 e. The largest absolute Gasteiger partial charge is 0.479 e. The predicted octanol–water partition coefficient (Wildman–Crippen LogP) is 4.06. The Bertz CT molecular complexity index is 1280. The molecule has 4 rings (SSSR count). The van der Waals surface area contributed by atoms with E-state index in [2.05, 4.69) is 34.0 Å². The number of hydrogen-bond donors (Lipinski definition) is 2. The number of pyridine rings is 1. The van der Waals surface area contributed by atoms with Gasteiger partial charge in [-0.05, 0) is 49.4 Å². The summed E-state index contributed by atoms with van der Waals surface area (Å²) >= 11 is 6.39. The molecule has 2 N–H and O–H groups in total. The van der Waals surface area contributed by atoms with Gasteiger partial charge in [0.2, 0.25) is 5.95 Å². The number of piperidine rings is 1. The number of nitrogens with zero attached hydrogens (tertiary/aromatic N) is 4. The minimum absolute atomic E-state index is 0.0299. The van der Waals surface area contributed by atoms with Gasteiger partial charge in [0, 0.05) is 31.2 Å². The molecule has 1 saturated heterocycles. The van der Waals surface area contributed by atoms with Crippen molar-refractivity contribution in [2.45, 2.75) is 33.3 Å². The van der Waals surface area contributed by atoms with Crippen LogP contribution in [0.5, 0.6) is 5.75 Å². The van der Waals surface area contributed by atoms with Crippen LogP contribution in [-0.4, -0.2) is 44.8 Å². The van der Waals surface area contributed by atoms with Crippen LogP contribution in [0.15, 0.2) is 35.3 Å². The van der Waals surface area contributed by atoms with E-state index in [1.807, 2.05) is 12.1 Å². The Hall–Kier alpha value is -3.33. The Morgan fingerprint density at radius 2 is 1.97 bits per heavy atom. The summed E-state index contributed by atoms with van der Waals surface area (Å²) in [5, 5.41) is 13.5. The lowest BCUT2D eigenvalue weighted by molar-refractivity contribution is -0.144. The standard InChI is InChI=1S/C24H28ClN5O4/c1-13-7-14(2)12-30(11-13)24-26-10-18(25)21(28-24)27-17-5-6-19-16(8-17)9-20(22(31)29(19)4)34-15(3)23(32)33/h5-6,8-10,13-15H,7,11-12H2,1-4H3,(H,32,33)(H,26,27,28)/t13-,14+,15?. The molecule has 0 saturated carbocycles. The van der Waals surface area contributed by atoms with Crippen LogP contribution < -0.4 is 20.5 Å². The van der Waals surface area contributed by atoms with Gasteiger partial charge in [-0.3, -0.25) is 4.79 Å². The van der Waals surface area contributed by atoms with E-state index in [0.717, 1.165) is 13.1 Å². The molecule has 0 amide bonds. The molecule has 1 unspecified atom stereocenters. The van der Waals surface area contributed by atoms with E-state index in [1.54, 1.807) is 25.4 Å². The summed E-state index contributed by atoms with van der Waals surface area (Å²) in [6.45, 7) is 7.63. The number of aryl methyl sites for hydroxylation is 1. The van der Waals surface area contributed by atoms with Gasteiger partial charge < -0.3 is 24.6 Å². The quantitative estimate of drug-likeness (QED) is 0.538. The molecule has 10 heteroatoms. The number of benzene rings is 1. The van der Waals surface area contributed by atoms with Gasteiger partial charge in [0.15, 0.2) is 17.7 Å². The summed E-state index contributed by atoms with van der Waals surface area (Å²) in [7, 11) is 1.62. The molecule has 1 fully saturated rings. The van der Waals surface area contributed by atoms with Crippen LogP contribution in [-0.2, 0) is 11.8 Å². The van der Waals surface area contributed by atoms with Gasteiger partial charge in [-0.2, -0.15) is 4.98 Å². The molecular formula is C24H28ClN5O4. The second-order valence-electron chi connectivity index (χ2n) is 9.09. The van der Waals surface area contributed by atoms with Crippen LogP contribution in [0, 0.1) is 11.8 Å². The van der Waals surface area contributed by atoms with Crippen LogP contribution in [0.25, 0.3) is 10.9 Å². The summed E-state index contributed by atoms with van der Waals surface area (Å²) in [5.74, 6) is 1.06. The van der Waals surface area contributed by atoms with E-state index in [1.165, 1.54) is 17.9 Å². The molecule has 0 radical (unpaired) electrons. The first-order valence-electron chi connectivity index (χ1n) is 11.2. The van der Waals surface area contributed by atoms with Crippen molar-refractivity contribution in [3.63, 3.8) is 0 Å². The molecule has 2 aromatic heterocycles. The van der Waals surface area contributed by atoms with Crippen molar-refractivity contribution in [3.8, 4) is 5.75 Å². The molecule has 1 aliphatic rings. The van der Waals surface area contributed by atoms with Crippen molar-refractivity contribution >= 4 is 45.9 Å². The number of aliphatic carboxylic acids is 1. The SMILES string of the molecule is CC(Oc1cc2cc(Nc3nc(N4C[C@H](C)C[C@H](C)C4)ncc3Cl)ccc2n(C)c1=O)C(=O)O. The average molecular weight is 486 g/mol. The number of hydrogen-bond acceptors (Lipinski definition) is 7. The zero-order valence-electron chi connectivity index (χ0n) is 19.6. The number of carboxylic acids is 1. The summed E-state index contributed by atoms with van der Waals surface area (Å²) in [6.07, 6.45) is 1.64.